The first-order chi connectivity index (χ1) is 14.5. The number of aliphatic carboxylic acids is 2. The van der Waals surface area contributed by atoms with Gasteiger partial charge in [-0.1, -0.05) is 103 Å². The fourth-order valence-electron chi connectivity index (χ4n) is 3.93. The topological polar surface area (TPSA) is 94.8 Å². The molecular weight excluding hydrogens is 380 g/mol. The summed E-state index contributed by atoms with van der Waals surface area (Å²) in [6, 6.07) is 0. The maximum absolute atomic E-state index is 10.4. The van der Waals surface area contributed by atoms with E-state index in [4.69, 9.17) is 10.2 Å². The standard InChI is InChI=1S/C25H48O5/c26-23(20-16-13-14-18-22-25(29)30)19-15-11-9-7-5-3-1-2-4-6-8-10-12-17-21-24(27)28/h23,26H,1-22H2,(H,27,28)(H,29,30). The second-order valence-electron chi connectivity index (χ2n) is 8.88. The van der Waals surface area contributed by atoms with Crippen molar-refractivity contribution in [3.8, 4) is 0 Å². The molecule has 0 spiro atoms. The summed E-state index contributed by atoms with van der Waals surface area (Å²) in [4.78, 5) is 20.8. The average molecular weight is 429 g/mol. The van der Waals surface area contributed by atoms with Crippen LogP contribution in [0.5, 0.6) is 0 Å². The van der Waals surface area contributed by atoms with E-state index in [1.165, 1.54) is 70.6 Å². The third-order valence-corrected chi connectivity index (χ3v) is 5.86. The minimum atomic E-state index is -0.715. The van der Waals surface area contributed by atoms with Crippen LogP contribution in [0.4, 0.5) is 0 Å². The monoisotopic (exact) mass is 428 g/mol. The highest BCUT2D eigenvalue weighted by atomic mass is 16.4. The average Bonchev–Trinajstić information content (AvgIpc) is 2.69. The Labute approximate surface area is 184 Å². The molecule has 0 fully saturated rings. The Morgan fingerprint density at radius 3 is 0.933 bits per heavy atom. The van der Waals surface area contributed by atoms with Crippen LogP contribution in [0.25, 0.3) is 0 Å². The van der Waals surface area contributed by atoms with Crippen molar-refractivity contribution in [2.75, 3.05) is 0 Å². The van der Waals surface area contributed by atoms with E-state index in [2.05, 4.69) is 0 Å². The Hall–Kier alpha value is -1.10. The van der Waals surface area contributed by atoms with E-state index in [0.717, 1.165) is 57.8 Å². The van der Waals surface area contributed by atoms with E-state index in [-0.39, 0.29) is 12.5 Å². The molecule has 0 saturated heterocycles. The Kier molecular flexibility index (Phi) is 21.8. The van der Waals surface area contributed by atoms with Crippen molar-refractivity contribution in [2.24, 2.45) is 0 Å². The van der Waals surface area contributed by atoms with Crippen molar-refractivity contribution in [3.05, 3.63) is 0 Å². The molecule has 0 saturated carbocycles. The van der Waals surface area contributed by atoms with Gasteiger partial charge in [-0.2, -0.15) is 0 Å². The minimum absolute atomic E-state index is 0.179. The number of rotatable bonds is 24. The summed E-state index contributed by atoms with van der Waals surface area (Å²) in [6.45, 7) is 0. The van der Waals surface area contributed by atoms with Gasteiger partial charge in [-0.15, -0.1) is 0 Å². The molecule has 0 bridgehead atoms. The minimum Gasteiger partial charge on any atom is -0.481 e. The lowest BCUT2D eigenvalue weighted by molar-refractivity contribution is -0.138. The third-order valence-electron chi connectivity index (χ3n) is 5.86. The molecule has 0 aliphatic carbocycles. The normalized spacial score (nSPS) is 12.2. The van der Waals surface area contributed by atoms with E-state index in [1.54, 1.807) is 0 Å². The van der Waals surface area contributed by atoms with Crippen molar-refractivity contribution < 1.29 is 24.9 Å². The highest BCUT2D eigenvalue weighted by molar-refractivity contribution is 5.66. The summed E-state index contributed by atoms with van der Waals surface area (Å²) in [5.74, 6) is -1.39. The van der Waals surface area contributed by atoms with Gasteiger partial charge in [-0.25, -0.2) is 0 Å². The summed E-state index contributed by atoms with van der Waals surface area (Å²) < 4.78 is 0. The first-order valence-corrected chi connectivity index (χ1v) is 12.6. The van der Waals surface area contributed by atoms with Crippen molar-refractivity contribution in [2.45, 2.75) is 147 Å². The van der Waals surface area contributed by atoms with Gasteiger partial charge in [0, 0.05) is 12.8 Å². The molecule has 0 aromatic rings. The predicted molar refractivity (Wildman–Crippen MR) is 123 cm³/mol. The number of carboxylic acid groups (broad SMARTS) is 2. The van der Waals surface area contributed by atoms with Gasteiger partial charge in [0.1, 0.15) is 0 Å². The second-order valence-corrected chi connectivity index (χ2v) is 8.88. The first-order valence-electron chi connectivity index (χ1n) is 12.6. The van der Waals surface area contributed by atoms with Gasteiger partial charge in [0.15, 0.2) is 0 Å². The number of aliphatic hydroxyl groups excluding tert-OH is 1. The zero-order chi connectivity index (χ0) is 22.3. The molecule has 0 aromatic carbocycles. The van der Waals surface area contributed by atoms with Crippen molar-refractivity contribution in [1.29, 1.82) is 0 Å². The maximum atomic E-state index is 10.4. The quantitative estimate of drug-likeness (QED) is 0.143. The van der Waals surface area contributed by atoms with Gasteiger partial charge in [0.25, 0.3) is 0 Å². The van der Waals surface area contributed by atoms with E-state index in [0.29, 0.717) is 6.42 Å². The Morgan fingerprint density at radius 2 is 0.667 bits per heavy atom. The van der Waals surface area contributed by atoms with Crippen LogP contribution >= 0.6 is 0 Å². The Balaban J connectivity index is 3.15. The van der Waals surface area contributed by atoms with Crippen molar-refractivity contribution in [3.63, 3.8) is 0 Å². The van der Waals surface area contributed by atoms with Crippen LogP contribution in [-0.4, -0.2) is 33.4 Å². The molecular formula is C25H48O5. The molecule has 1 atom stereocenters. The van der Waals surface area contributed by atoms with E-state index < -0.39 is 11.9 Å². The Morgan fingerprint density at radius 1 is 0.433 bits per heavy atom. The molecule has 0 amide bonds. The number of carboxylic acids is 2. The summed E-state index contributed by atoms with van der Waals surface area (Å²) in [7, 11) is 0. The predicted octanol–water partition coefficient (Wildman–Crippen LogP) is 7.10. The molecule has 0 rings (SSSR count). The number of hydrogen-bond donors (Lipinski definition) is 3. The van der Waals surface area contributed by atoms with E-state index in [1.807, 2.05) is 0 Å². The van der Waals surface area contributed by atoms with Crippen LogP contribution in [0.1, 0.15) is 141 Å². The Bertz CT molecular complexity index is 397. The van der Waals surface area contributed by atoms with Crippen LogP contribution in [0, 0.1) is 0 Å². The molecule has 0 aliphatic rings. The summed E-state index contributed by atoms with van der Waals surface area (Å²) in [5.41, 5.74) is 0. The first kappa shape index (κ1) is 28.9. The summed E-state index contributed by atoms with van der Waals surface area (Å²) in [5, 5.41) is 27.2. The molecule has 3 N–H and O–H groups in total. The van der Waals surface area contributed by atoms with Crippen LogP contribution in [-0.2, 0) is 9.59 Å². The van der Waals surface area contributed by atoms with Gasteiger partial charge in [0.2, 0.25) is 0 Å². The number of aliphatic hydroxyl groups is 1. The lowest BCUT2D eigenvalue weighted by atomic mass is 10.0. The van der Waals surface area contributed by atoms with Gasteiger partial charge >= 0.3 is 11.9 Å². The summed E-state index contributed by atoms with van der Waals surface area (Å²) >= 11 is 0. The van der Waals surface area contributed by atoms with Crippen molar-refractivity contribution in [1.82, 2.24) is 0 Å². The van der Waals surface area contributed by atoms with E-state index in [9.17, 15) is 14.7 Å². The molecule has 0 radical (unpaired) electrons. The van der Waals surface area contributed by atoms with E-state index >= 15 is 0 Å². The second kappa shape index (κ2) is 22.6. The van der Waals surface area contributed by atoms with Crippen LogP contribution in [0.3, 0.4) is 0 Å². The number of carbonyl (C=O) groups is 2. The van der Waals surface area contributed by atoms with Crippen LogP contribution < -0.4 is 0 Å². The molecule has 5 heteroatoms. The zero-order valence-corrected chi connectivity index (χ0v) is 19.3. The smallest absolute Gasteiger partial charge is 0.303 e. The van der Waals surface area contributed by atoms with Crippen molar-refractivity contribution >= 4 is 11.9 Å². The van der Waals surface area contributed by atoms with Gasteiger partial charge in [-0.3, -0.25) is 9.59 Å². The molecule has 5 nitrogen and oxygen atoms in total. The van der Waals surface area contributed by atoms with Crippen LogP contribution in [0.15, 0.2) is 0 Å². The molecule has 0 aliphatic heterocycles. The third kappa shape index (κ3) is 24.9. The molecule has 1 unspecified atom stereocenters. The number of unbranched alkanes of at least 4 members (excludes halogenated alkanes) is 16. The highest BCUT2D eigenvalue weighted by Crippen LogP contribution is 2.15. The fourth-order valence-corrected chi connectivity index (χ4v) is 3.93. The van der Waals surface area contributed by atoms with Gasteiger partial charge in [0.05, 0.1) is 6.10 Å². The lowest BCUT2D eigenvalue weighted by Gasteiger charge is -2.10. The van der Waals surface area contributed by atoms with Gasteiger partial charge < -0.3 is 15.3 Å². The SMILES string of the molecule is O=C(O)CCCCCCCCCCCCCCCCC(O)CCCCCCC(=O)O. The molecule has 0 aromatic heterocycles. The fraction of sp³-hybridized carbons (Fsp3) is 0.920. The van der Waals surface area contributed by atoms with Crippen LogP contribution in [0.2, 0.25) is 0 Å². The lowest BCUT2D eigenvalue weighted by Crippen LogP contribution is -2.06. The molecule has 30 heavy (non-hydrogen) atoms. The largest absolute Gasteiger partial charge is 0.481 e. The van der Waals surface area contributed by atoms with Gasteiger partial charge in [-0.05, 0) is 25.7 Å². The molecule has 0 heterocycles. The summed E-state index contributed by atoms with van der Waals surface area (Å²) in [6.07, 6.45) is 23.1. The highest BCUT2D eigenvalue weighted by Gasteiger charge is 2.04. The number of hydrogen-bond acceptors (Lipinski definition) is 3. The molecule has 178 valence electrons. The zero-order valence-electron chi connectivity index (χ0n) is 19.3. The maximum Gasteiger partial charge on any atom is 0.303 e.